The molecule has 0 bridgehead atoms. The van der Waals surface area contributed by atoms with Crippen molar-refractivity contribution in [1.29, 1.82) is 0 Å². The molecule has 1 amide bonds. The summed E-state index contributed by atoms with van der Waals surface area (Å²) in [7, 11) is 3.27. The van der Waals surface area contributed by atoms with Crippen LogP contribution in [0.1, 0.15) is 18.4 Å². The van der Waals surface area contributed by atoms with E-state index in [1.165, 1.54) is 0 Å². The molecule has 25 heavy (non-hydrogen) atoms. The molecule has 2 saturated heterocycles. The van der Waals surface area contributed by atoms with Crippen LogP contribution in [0.3, 0.4) is 0 Å². The van der Waals surface area contributed by atoms with E-state index in [1.807, 2.05) is 12.1 Å². The summed E-state index contributed by atoms with van der Waals surface area (Å²) in [6.07, 6.45) is 3.35. The van der Waals surface area contributed by atoms with E-state index in [-0.39, 0.29) is 12.0 Å². The highest BCUT2D eigenvalue weighted by Gasteiger charge is 2.53. The number of ether oxygens (including phenoxy) is 3. The predicted octanol–water partition coefficient (Wildman–Crippen LogP) is 0.834. The van der Waals surface area contributed by atoms with Gasteiger partial charge >= 0.3 is 0 Å². The van der Waals surface area contributed by atoms with E-state index in [9.17, 15) is 4.79 Å². The number of amides is 1. The summed E-state index contributed by atoms with van der Waals surface area (Å²) in [5, 5.41) is 3.01. The number of pyridine rings is 1. The lowest BCUT2D eigenvalue weighted by Gasteiger charge is -2.42. The molecule has 0 radical (unpaired) electrons. The van der Waals surface area contributed by atoms with Crippen molar-refractivity contribution in [2.75, 3.05) is 47.1 Å². The van der Waals surface area contributed by atoms with Crippen molar-refractivity contribution >= 4 is 5.91 Å². The Hall–Kier alpha value is -1.70. The second kappa shape index (κ2) is 8.12. The molecule has 2 fully saturated rings. The predicted molar refractivity (Wildman–Crippen MR) is 92.4 cm³/mol. The van der Waals surface area contributed by atoms with E-state index in [0.29, 0.717) is 32.2 Å². The molecule has 0 saturated carbocycles. The van der Waals surface area contributed by atoms with Crippen molar-refractivity contribution in [3.63, 3.8) is 0 Å². The first kappa shape index (κ1) is 18.1. The summed E-state index contributed by atoms with van der Waals surface area (Å²) in [5.74, 6) is 0.723. The van der Waals surface area contributed by atoms with Gasteiger partial charge in [0.2, 0.25) is 11.8 Å². The normalized spacial score (nSPS) is 26.2. The van der Waals surface area contributed by atoms with Gasteiger partial charge in [0.05, 0.1) is 25.2 Å². The number of rotatable bonds is 7. The fraction of sp³-hybridized carbons (Fsp3) is 0.667. The van der Waals surface area contributed by atoms with Gasteiger partial charge in [-0.3, -0.25) is 9.69 Å². The molecule has 0 aromatic carbocycles. The summed E-state index contributed by atoms with van der Waals surface area (Å²) < 4.78 is 16.3. The molecule has 2 aliphatic heterocycles. The van der Waals surface area contributed by atoms with Gasteiger partial charge in [0.1, 0.15) is 0 Å². The lowest BCUT2D eigenvalue weighted by molar-refractivity contribution is -0.139. The largest absolute Gasteiger partial charge is 0.481 e. The Balaban J connectivity index is 1.71. The molecule has 1 aromatic heterocycles. The van der Waals surface area contributed by atoms with Gasteiger partial charge < -0.3 is 19.5 Å². The molecular formula is C18H27N3O4. The number of carbonyl (C=O) groups is 1. The zero-order valence-corrected chi connectivity index (χ0v) is 15.0. The van der Waals surface area contributed by atoms with Crippen LogP contribution in [0.4, 0.5) is 0 Å². The summed E-state index contributed by atoms with van der Waals surface area (Å²) in [6, 6.07) is 3.94. The van der Waals surface area contributed by atoms with Gasteiger partial charge in [-0.25, -0.2) is 4.98 Å². The smallest absolute Gasteiger partial charge is 0.230 e. The highest BCUT2D eigenvalue weighted by Crippen LogP contribution is 2.41. The number of methoxy groups -OCH3 is 2. The number of carbonyl (C=O) groups excluding carboxylic acids is 1. The molecule has 0 spiro atoms. The Morgan fingerprint density at radius 3 is 3.20 bits per heavy atom. The fourth-order valence-corrected chi connectivity index (χ4v) is 3.90. The molecule has 0 unspecified atom stereocenters. The quantitative estimate of drug-likeness (QED) is 0.735. The van der Waals surface area contributed by atoms with Crippen LogP contribution in [0, 0.1) is 5.41 Å². The third-order valence-corrected chi connectivity index (χ3v) is 5.18. The maximum Gasteiger partial charge on any atom is 0.230 e. The van der Waals surface area contributed by atoms with Crippen molar-refractivity contribution in [3.8, 4) is 5.88 Å². The monoisotopic (exact) mass is 349 g/mol. The lowest BCUT2D eigenvalue weighted by atomic mass is 9.75. The standard InChI is InChI=1S/C18H27N3O4/c1-23-11-8-20-17(22)18-6-10-25-15(18)5-9-21(13-18)12-14-4-3-7-19-16(14)24-2/h3-4,7,15H,5-6,8-13H2,1-2H3,(H,20,22)/t15-,18-/m1/s1. The number of hydrogen-bond donors (Lipinski definition) is 1. The van der Waals surface area contributed by atoms with Crippen molar-refractivity contribution < 1.29 is 19.0 Å². The zero-order chi connectivity index (χ0) is 17.7. The van der Waals surface area contributed by atoms with E-state index in [1.54, 1.807) is 20.4 Å². The van der Waals surface area contributed by atoms with E-state index in [0.717, 1.165) is 31.5 Å². The zero-order valence-electron chi connectivity index (χ0n) is 15.0. The molecule has 3 rings (SSSR count). The number of piperidine rings is 1. The van der Waals surface area contributed by atoms with Gasteiger partial charge in [-0.1, -0.05) is 6.07 Å². The van der Waals surface area contributed by atoms with Crippen LogP contribution in [-0.2, 0) is 20.8 Å². The Morgan fingerprint density at radius 1 is 1.52 bits per heavy atom. The molecule has 2 atom stereocenters. The molecule has 2 aliphatic rings. The Kier molecular flexibility index (Phi) is 5.88. The van der Waals surface area contributed by atoms with Crippen LogP contribution < -0.4 is 10.1 Å². The third kappa shape index (κ3) is 3.78. The fourth-order valence-electron chi connectivity index (χ4n) is 3.90. The van der Waals surface area contributed by atoms with Crippen molar-refractivity contribution in [2.24, 2.45) is 5.41 Å². The van der Waals surface area contributed by atoms with Gasteiger partial charge in [0.25, 0.3) is 0 Å². The van der Waals surface area contributed by atoms with Gasteiger partial charge in [-0.2, -0.15) is 0 Å². The number of aromatic nitrogens is 1. The number of likely N-dealkylation sites (tertiary alicyclic amines) is 1. The maximum atomic E-state index is 12.9. The average molecular weight is 349 g/mol. The average Bonchev–Trinajstić information content (AvgIpc) is 3.07. The Labute approximate surface area is 148 Å². The van der Waals surface area contributed by atoms with E-state index in [4.69, 9.17) is 14.2 Å². The number of hydrogen-bond acceptors (Lipinski definition) is 6. The van der Waals surface area contributed by atoms with Crippen LogP contribution in [0.2, 0.25) is 0 Å². The Morgan fingerprint density at radius 2 is 2.40 bits per heavy atom. The number of nitrogens with zero attached hydrogens (tertiary/aromatic N) is 2. The van der Waals surface area contributed by atoms with E-state index in [2.05, 4.69) is 15.2 Å². The molecule has 0 aliphatic carbocycles. The lowest BCUT2D eigenvalue weighted by Crippen LogP contribution is -2.57. The van der Waals surface area contributed by atoms with Crippen LogP contribution in [0.5, 0.6) is 5.88 Å². The summed E-state index contributed by atoms with van der Waals surface area (Å²) in [4.78, 5) is 19.5. The maximum absolute atomic E-state index is 12.9. The SMILES string of the molecule is COCCNC(=O)[C@@]12CCO[C@@H]1CCN(Cc1cccnc1OC)C2. The molecule has 7 nitrogen and oxygen atoms in total. The molecule has 1 N–H and O–H groups in total. The second-order valence-electron chi connectivity index (χ2n) is 6.69. The second-order valence-corrected chi connectivity index (χ2v) is 6.69. The molecule has 138 valence electrons. The Bertz CT molecular complexity index is 597. The minimum absolute atomic E-state index is 0.00193. The topological polar surface area (TPSA) is 72.9 Å². The summed E-state index contributed by atoms with van der Waals surface area (Å²) in [6.45, 7) is 4.00. The minimum atomic E-state index is -0.471. The highest BCUT2D eigenvalue weighted by atomic mass is 16.5. The highest BCUT2D eigenvalue weighted by molar-refractivity contribution is 5.84. The van der Waals surface area contributed by atoms with Gasteiger partial charge in [0, 0.05) is 51.7 Å². The molecule has 3 heterocycles. The van der Waals surface area contributed by atoms with Crippen LogP contribution in [0.15, 0.2) is 18.3 Å². The first-order chi connectivity index (χ1) is 12.2. The first-order valence-corrected chi connectivity index (χ1v) is 8.78. The minimum Gasteiger partial charge on any atom is -0.481 e. The van der Waals surface area contributed by atoms with Crippen molar-refractivity contribution in [1.82, 2.24) is 15.2 Å². The molecule has 7 heteroatoms. The van der Waals surface area contributed by atoms with Gasteiger partial charge in [-0.05, 0) is 18.9 Å². The molecule has 1 aromatic rings. The van der Waals surface area contributed by atoms with Crippen molar-refractivity contribution in [3.05, 3.63) is 23.9 Å². The summed E-state index contributed by atoms with van der Waals surface area (Å²) in [5.41, 5.74) is 0.568. The van der Waals surface area contributed by atoms with Crippen molar-refractivity contribution in [2.45, 2.75) is 25.5 Å². The molecular weight excluding hydrogens is 322 g/mol. The van der Waals surface area contributed by atoms with Crippen LogP contribution >= 0.6 is 0 Å². The van der Waals surface area contributed by atoms with Gasteiger partial charge in [-0.15, -0.1) is 0 Å². The van der Waals surface area contributed by atoms with E-state index >= 15 is 0 Å². The van der Waals surface area contributed by atoms with Crippen LogP contribution in [0.25, 0.3) is 0 Å². The van der Waals surface area contributed by atoms with Crippen LogP contribution in [-0.4, -0.2) is 69.0 Å². The number of nitrogens with one attached hydrogen (secondary N) is 1. The summed E-state index contributed by atoms with van der Waals surface area (Å²) >= 11 is 0. The number of fused-ring (bicyclic) bond motifs is 1. The first-order valence-electron chi connectivity index (χ1n) is 8.78. The van der Waals surface area contributed by atoms with Gasteiger partial charge in [0.15, 0.2) is 0 Å². The third-order valence-electron chi connectivity index (χ3n) is 5.18. The van der Waals surface area contributed by atoms with E-state index < -0.39 is 5.41 Å².